The summed E-state index contributed by atoms with van der Waals surface area (Å²) in [5.41, 5.74) is 15.4. The van der Waals surface area contributed by atoms with Gasteiger partial charge in [0, 0.05) is 38.4 Å². The summed E-state index contributed by atoms with van der Waals surface area (Å²) in [7, 11) is 0. The number of furan rings is 2. The second-order valence-corrected chi connectivity index (χ2v) is 16.6. The van der Waals surface area contributed by atoms with Crippen LogP contribution in [0.25, 0.3) is 88.0 Å². The van der Waals surface area contributed by atoms with E-state index in [1.165, 1.54) is 59.6 Å². The van der Waals surface area contributed by atoms with Crippen LogP contribution < -0.4 is 4.90 Å². The lowest BCUT2D eigenvalue weighted by molar-refractivity contribution is 0.445. The zero-order valence-electron chi connectivity index (χ0n) is 33.9. The minimum Gasteiger partial charge on any atom is -0.456 e. The molecule has 0 aliphatic heterocycles. The number of para-hydroxylation sites is 4. The summed E-state index contributed by atoms with van der Waals surface area (Å²) < 4.78 is 12.5. The molecule has 1 aliphatic rings. The Morgan fingerprint density at radius 3 is 1.66 bits per heavy atom. The Morgan fingerprint density at radius 1 is 0.377 bits per heavy atom. The largest absolute Gasteiger partial charge is 0.456 e. The number of rotatable bonds is 7. The summed E-state index contributed by atoms with van der Waals surface area (Å²) in [6.07, 6.45) is 6.42. The molecule has 61 heavy (non-hydrogen) atoms. The summed E-state index contributed by atoms with van der Waals surface area (Å²) >= 11 is 0. The van der Waals surface area contributed by atoms with E-state index in [0.29, 0.717) is 5.92 Å². The van der Waals surface area contributed by atoms with Crippen molar-refractivity contribution in [2.24, 2.45) is 0 Å². The zero-order chi connectivity index (χ0) is 40.3. The van der Waals surface area contributed by atoms with Gasteiger partial charge in [-0.25, -0.2) is 0 Å². The Balaban J connectivity index is 1.09. The van der Waals surface area contributed by atoms with Gasteiger partial charge in [0.05, 0.1) is 11.4 Å². The third kappa shape index (κ3) is 6.11. The van der Waals surface area contributed by atoms with Gasteiger partial charge in [0.15, 0.2) is 0 Å². The van der Waals surface area contributed by atoms with Crippen LogP contribution in [0.15, 0.2) is 203 Å². The predicted molar refractivity (Wildman–Crippen MR) is 255 cm³/mol. The van der Waals surface area contributed by atoms with Gasteiger partial charge in [-0.2, -0.15) is 0 Å². The summed E-state index contributed by atoms with van der Waals surface area (Å²) in [6.45, 7) is 0. The van der Waals surface area contributed by atoms with E-state index in [1.807, 2.05) is 24.3 Å². The minimum atomic E-state index is 0.567. The molecule has 12 rings (SSSR count). The predicted octanol–water partition coefficient (Wildman–Crippen LogP) is 17.2. The quantitative estimate of drug-likeness (QED) is 0.161. The third-order valence-corrected chi connectivity index (χ3v) is 13.1. The Labute approximate surface area is 355 Å². The number of nitrogens with zero attached hydrogens (tertiary/aromatic N) is 1. The monoisotopic (exact) mass is 785 g/mol. The van der Waals surface area contributed by atoms with Gasteiger partial charge in [-0.1, -0.05) is 153 Å². The molecule has 2 aromatic heterocycles. The molecule has 3 nitrogen and oxygen atoms in total. The molecule has 0 atom stereocenters. The normalized spacial score (nSPS) is 13.5. The first-order valence-electron chi connectivity index (χ1n) is 21.7. The van der Waals surface area contributed by atoms with Gasteiger partial charge in [-0.3, -0.25) is 0 Å². The molecule has 1 fully saturated rings. The molecule has 0 amide bonds. The first-order chi connectivity index (χ1) is 30.2. The number of benzene rings is 9. The topological polar surface area (TPSA) is 29.5 Å². The highest BCUT2D eigenvalue weighted by Gasteiger charge is 2.24. The maximum Gasteiger partial charge on any atom is 0.135 e. The summed E-state index contributed by atoms with van der Waals surface area (Å²) in [5.74, 6) is 0.567. The summed E-state index contributed by atoms with van der Waals surface area (Å²) in [4.78, 5) is 2.49. The van der Waals surface area contributed by atoms with Gasteiger partial charge in [0.25, 0.3) is 0 Å². The standard InChI is InChI=1S/C58H43NO2/c1-2-15-38(16-3-1)45-25-13-17-39-18-14-26-49(58(39)45)46-22-5-9-28-53(46)59(43-20-12-19-40(35-43)41-31-33-56-50(36-41)47-23-6-10-29-54(47)60-56)52-27-8-4-21-44(52)42-32-34-57-51(37-42)48-24-7-11-30-55(48)61-57/h4-14,17-38H,1-3,15-16H2. The van der Waals surface area contributed by atoms with Crippen molar-refractivity contribution >= 4 is 71.7 Å². The molecule has 9 aromatic carbocycles. The molecular formula is C58H43NO2. The van der Waals surface area contributed by atoms with Crippen LogP contribution >= 0.6 is 0 Å². The molecule has 0 saturated heterocycles. The van der Waals surface area contributed by atoms with E-state index in [2.05, 4.69) is 175 Å². The maximum atomic E-state index is 6.30. The highest BCUT2D eigenvalue weighted by molar-refractivity contribution is 6.09. The van der Waals surface area contributed by atoms with E-state index < -0.39 is 0 Å². The average Bonchev–Trinajstić information content (AvgIpc) is 3.90. The van der Waals surface area contributed by atoms with Gasteiger partial charge in [-0.15, -0.1) is 0 Å². The van der Waals surface area contributed by atoms with Crippen LogP contribution in [0.5, 0.6) is 0 Å². The molecule has 0 spiro atoms. The van der Waals surface area contributed by atoms with Crippen molar-refractivity contribution in [1.29, 1.82) is 0 Å². The molecule has 0 unspecified atom stereocenters. The minimum absolute atomic E-state index is 0.567. The van der Waals surface area contributed by atoms with Crippen LogP contribution in [0, 0.1) is 0 Å². The Hall–Kier alpha value is -7.36. The van der Waals surface area contributed by atoms with Gasteiger partial charge in [-0.05, 0) is 118 Å². The van der Waals surface area contributed by atoms with Crippen molar-refractivity contribution in [1.82, 2.24) is 0 Å². The fraction of sp³-hybridized carbons (Fsp3) is 0.103. The van der Waals surface area contributed by atoms with Crippen LogP contribution in [0.1, 0.15) is 43.6 Å². The van der Waals surface area contributed by atoms with Crippen molar-refractivity contribution < 1.29 is 8.83 Å². The van der Waals surface area contributed by atoms with Crippen molar-refractivity contribution in [3.05, 3.63) is 200 Å². The first-order valence-corrected chi connectivity index (χ1v) is 21.7. The Morgan fingerprint density at radius 2 is 0.918 bits per heavy atom. The molecule has 0 radical (unpaired) electrons. The lowest BCUT2D eigenvalue weighted by atomic mass is 9.80. The molecule has 1 saturated carbocycles. The van der Waals surface area contributed by atoms with Gasteiger partial charge >= 0.3 is 0 Å². The van der Waals surface area contributed by atoms with E-state index in [9.17, 15) is 0 Å². The van der Waals surface area contributed by atoms with Crippen LogP contribution in [0.2, 0.25) is 0 Å². The lowest BCUT2D eigenvalue weighted by Crippen LogP contribution is -2.13. The average molecular weight is 786 g/mol. The van der Waals surface area contributed by atoms with Gasteiger partial charge < -0.3 is 13.7 Å². The highest BCUT2D eigenvalue weighted by Crippen LogP contribution is 2.48. The number of fused-ring (bicyclic) bond motifs is 7. The van der Waals surface area contributed by atoms with Crippen LogP contribution in [0.3, 0.4) is 0 Å². The first kappa shape index (κ1) is 35.6. The van der Waals surface area contributed by atoms with E-state index in [-0.39, 0.29) is 0 Å². The second kappa shape index (κ2) is 14.7. The SMILES string of the molecule is c1cc(-c2ccc3oc4ccccc4c3c2)cc(N(c2ccccc2-c2ccc3oc4ccccc4c3c2)c2ccccc2-c2cccc3cccc(C4CCCCC4)c23)c1. The van der Waals surface area contributed by atoms with Gasteiger partial charge in [0.2, 0.25) is 0 Å². The zero-order valence-corrected chi connectivity index (χ0v) is 33.9. The van der Waals surface area contributed by atoms with Crippen molar-refractivity contribution in [2.45, 2.75) is 38.0 Å². The fourth-order valence-electron chi connectivity index (χ4n) is 10.2. The molecule has 292 valence electrons. The smallest absolute Gasteiger partial charge is 0.135 e. The number of anilines is 3. The van der Waals surface area contributed by atoms with Crippen molar-refractivity contribution in [2.75, 3.05) is 4.90 Å². The number of hydrogen-bond acceptors (Lipinski definition) is 3. The molecule has 3 heteroatoms. The van der Waals surface area contributed by atoms with Crippen LogP contribution in [0.4, 0.5) is 17.1 Å². The third-order valence-electron chi connectivity index (χ3n) is 13.1. The molecule has 0 N–H and O–H groups in total. The van der Waals surface area contributed by atoms with E-state index in [0.717, 1.165) is 83.2 Å². The fourth-order valence-corrected chi connectivity index (χ4v) is 10.2. The maximum absolute atomic E-state index is 6.30. The van der Waals surface area contributed by atoms with Crippen molar-refractivity contribution in [3.8, 4) is 33.4 Å². The summed E-state index contributed by atoms with van der Waals surface area (Å²) in [6, 6.07) is 70.5. The highest BCUT2D eigenvalue weighted by atomic mass is 16.3. The summed E-state index contributed by atoms with van der Waals surface area (Å²) in [5, 5.41) is 7.17. The molecule has 1 aliphatic carbocycles. The second-order valence-electron chi connectivity index (χ2n) is 16.6. The van der Waals surface area contributed by atoms with E-state index in [4.69, 9.17) is 8.83 Å². The molecular weight excluding hydrogens is 743 g/mol. The molecule has 11 aromatic rings. The van der Waals surface area contributed by atoms with Crippen LogP contribution in [-0.4, -0.2) is 0 Å². The van der Waals surface area contributed by atoms with E-state index in [1.54, 1.807) is 0 Å². The van der Waals surface area contributed by atoms with E-state index >= 15 is 0 Å². The van der Waals surface area contributed by atoms with Gasteiger partial charge in [0.1, 0.15) is 22.3 Å². The Kier molecular flexibility index (Phi) is 8.59. The molecule has 2 heterocycles. The van der Waals surface area contributed by atoms with Crippen LogP contribution in [-0.2, 0) is 0 Å². The molecule has 0 bridgehead atoms. The Bertz CT molecular complexity index is 3430. The van der Waals surface area contributed by atoms with Crippen molar-refractivity contribution in [3.63, 3.8) is 0 Å². The number of hydrogen-bond donors (Lipinski definition) is 0. The lowest BCUT2D eigenvalue weighted by Gasteiger charge is -2.31.